The molecule has 7 heteroatoms. The van der Waals surface area contributed by atoms with Crippen molar-refractivity contribution in [3.63, 3.8) is 0 Å². The van der Waals surface area contributed by atoms with Crippen LogP contribution < -0.4 is 9.80 Å². The fraction of sp³-hybridized carbons (Fsp3) is 0.348. The Balaban J connectivity index is 1.99. The summed E-state index contributed by atoms with van der Waals surface area (Å²) in [5.41, 5.74) is 3.37. The van der Waals surface area contributed by atoms with Crippen molar-refractivity contribution in [2.45, 2.75) is 33.7 Å². The molecule has 1 atom stereocenters. The van der Waals surface area contributed by atoms with Gasteiger partial charge in [0.15, 0.2) is 0 Å². The first kappa shape index (κ1) is 21.4. The molecule has 0 unspecified atom stereocenters. The fourth-order valence-corrected chi connectivity index (χ4v) is 3.96. The third-order valence-corrected chi connectivity index (χ3v) is 5.50. The molecule has 1 aliphatic rings. The molecule has 0 saturated carbocycles. The lowest BCUT2D eigenvalue weighted by Gasteiger charge is -2.39. The van der Waals surface area contributed by atoms with Gasteiger partial charge in [0, 0.05) is 32.1 Å². The van der Waals surface area contributed by atoms with Crippen LogP contribution in [0.1, 0.15) is 38.1 Å². The summed E-state index contributed by atoms with van der Waals surface area (Å²) in [5, 5.41) is 9.67. The quantitative estimate of drug-likeness (QED) is 0.825. The van der Waals surface area contributed by atoms with E-state index in [2.05, 4.69) is 0 Å². The molecule has 0 aliphatic carbocycles. The highest BCUT2D eigenvalue weighted by Crippen LogP contribution is 2.39. The van der Waals surface area contributed by atoms with Crippen molar-refractivity contribution in [2.75, 3.05) is 29.4 Å². The molecule has 0 fully saturated rings. The number of fused-ring (bicyclic) bond motifs is 1. The Morgan fingerprint density at radius 1 is 1.00 bits per heavy atom. The van der Waals surface area contributed by atoms with E-state index in [4.69, 9.17) is 0 Å². The predicted molar refractivity (Wildman–Crippen MR) is 117 cm³/mol. The number of benzene rings is 2. The second-order valence-corrected chi connectivity index (χ2v) is 7.39. The lowest BCUT2D eigenvalue weighted by molar-refractivity contribution is -0.117. The Bertz CT molecular complexity index is 967. The average Bonchev–Trinajstić information content (AvgIpc) is 2.73. The number of carboxylic acid groups (broad SMARTS) is 1. The Morgan fingerprint density at radius 2 is 1.60 bits per heavy atom. The Labute approximate surface area is 176 Å². The van der Waals surface area contributed by atoms with Crippen LogP contribution in [0.3, 0.4) is 0 Å². The van der Waals surface area contributed by atoms with E-state index in [1.165, 1.54) is 11.8 Å². The zero-order chi connectivity index (χ0) is 22.0. The highest BCUT2D eigenvalue weighted by molar-refractivity contribution is 6.03. The minimum absolute atomic E-state index is 0.0138. The third kappa shape index (κ3) is 3.87. The van der Waals surface area contributed by atoms with E-state index in [0.717, 1.165) is 11.1 Å². The molecule has 0 bridgehead atoms. The molecular weight excluding hydrogens is 382 g/mol. The van der Waals surface area contributed by atoms with Gasteiger partial charge in [0.25, 0.3) is 5.91 Å². The molecule has 158 valence electrons. The van der Waals surface area contributed by atoms with Crippen LogP contribution in [0.2, 0.25) is 0 Å². The van der Waals surface area contributed by atoms with E-state index in [1.54, 1.807) is 34.1 Å². The Morgan fingerprint density at radius 3 is 2.13 bits per heavy atom. The van der Waals surface area contributed by atoms with Gasteiger partial charge in [-0.25, -0.2) is 4.79 Å². The van der Waals surface area contributed by atoms with Crippen molar-refractivity contribution in [1.82, 2.24) is 4.90 Å². The molecule has 3 rings (SSSR count). The van der Waals surface area contributed by atoms with E-state index >= 15 is 0 Å². The Kier molecular flexibility index (Phi) is 6.10. The molecule has 2 aromatic rings. The number of nitrogens with zero attached hydrogens (tertiary/aromatic N) is 3. The molecule has 2 aromatic carbocycles. The molecule has 1 aliphatic heterocycles. The van der Waals surface area contributed by atoms with Crippen molar-refractivity contribution in [3.8, 4) is 11.1 Å². The van der Waals surface area contributed by atoms with Crippen LogP contribution in [0.15, 0.2) is 42.5 Å². The Hall–Kier alpha value is -3.35. The van der Waals surface area contributed by atoms with E-state index < -0.39 is 6.09 Å². The first-order chi connectivity index (χ1) is 14.3. The molecule has 1 N–H and O–H groups in total. The second kappa shape index (κ2) is 8.57. The van der Waals surface area contributed by atoms with Gasteiger partial charge in [-0.3, -0.25) is 14.5 Å². The number of amides is 3. The van der Waals surface area contributed by atoms with E-state index in [-0.39, 0.29) is 24.4 Å². The summed E-state index contributed by atoms with van der Waals surface area (Å²) in [4.78, 5) is 41.1. The lowest BCUT2D eigenvalue weighted by atomic mass is 9.99. The van der Waals surface area contributed by atoms with Crippen LogP contribution in [0.4, 0.5) is 16.2 Å². The summed E-state index contributed by atoms with van der Waals surface area (Å²) in [6, 6.07) is 12.5. The van der Waals surface area contributed by atoms with Crippen LogP contribution in [-0.2, 0) is 4.79 Å². The highest BCUT2D eigenvalue weighted by Gasteiger charge is 2.33. The van der Waals surface area contributed by atoms with Gasteiger partial charge >= 0.3 is 6.09 Å². The smallest absolute Gasteiger partial charge is 0.411 e. The first-order valence-electron chi connectivity index (χ1n) is 10.1. The summed E-state index contributed by atoms with van der Waals surface area (Å²) in [7, 11) is 0. The van der Waals surface area contributed by atoms with Gasteiger partial charge in [0.2, 0.25) is 5.91 Å². The minimum Gasteiger partial charge on any atom is -0.465 e. The maximum absolute atomic E-state index is 12.5. The van der Waals surface area contributed by atoms with Crippen LogP contribution in [0.5, 0.6) is 0 Å². The van der Waals surface area contributed by atoms with Crippen molar-refractivity contribution >= 4 is 29.3 Å². The monoisotopic (exact) mass is 409 g/mol. The second-order valence-electron chi connectivity index (χ2n) is 7.39. The normalized spacial score (nSPS) is 15.5. The largest absolute Gasteiger partial charge is 0.465 e. The van der Waals surface area contributed by atoms with E-state index in [0.29, 0.717) is 30.0 Å². The van der Waals surface area contributed by atoms with Crippen molar-refractivity contribution in [3.05, 3.63) is 48.0 Å². The van der Waals surface area contributed by atoms with Crippen LogP contribution in [0.25, 0.3) is 11.1 Å². The third-order valence-electron chi connectivity index (χ3n) is 5.50. The van der Waals surface area contributed by atoms with Crippen LogP contribution >= 0.6 is 0 Å². The number of hydrogen-bond acceptors (Lipinski definition) is 3. The number of carbonyl (C=O) groups excluding carboxylic acids is 2. The van der Waals surface area contributed by atoms with Gasteiger partial charge in [-0.15, -0.1) is 0 Å². The summed E-state index contributed by atoms with van der Waals surface area (Å²) >= 11 is 0. The van der Waals surface area contributed by atoms with Crippen molar-refractivity contribution in [2.24, 2.45) is 0 Å². The fourth-order valence-electron chi connectivity index (χ4n) is 3.96. The number of carbonyl (C=O) groups is 3. The minimum atomic E-state index is -1.05. The zero-order valence-electron chi connectivity index (χ0n) is 17.8. The SMILES string of the molecule is CCN(CC)C(=O)c1ccc(-c2ccc3c(c2)N(C(=O)O)C[C@H](C)N3C(C)=O)cc1. The maximum atomic E-state index is 12.5. The molecule has 1 heterocycles. The molecule has 30 heavy (non-hydrogen) atoms. The van der Waals surface area contributed by atoms with Gasteiger partial charge in [-0.2, -0.15) is 0 Å². The van der Waals surface area contributed by atoms with Gasteiger partial charge in [-0.1, -0.05) is 18.2 Å². The van der Waals surface area contributed by atoms with Crippen molar-refractivity contribution in [1.29, 1.82) is 0 Å². The molecule has 0 saturated heterocycles. The summed E-state index contributed by atoms with van der Waals surface area (Å²) in [6.45, 7) is 8.72. The summed E-state index contributed by atoms with van der Waals surface area (Å²) < 4.78 is 0. The summed E-state index contributed by atoms with van der Waals surface area (Å²) in [5.74, 6) is -0.138. The lowest BCUT2D eigenvalue weighted by Crippen LogP contribution is -2.51. The number of anilines is 2. The standard InChI is InChI=1S/C23H27N3O4/c1-5-24(6-2)22(28)18-9-7-17(8-10-18)19-11-12-20-21(13-19)25(23(29)30)14-15(3)26(20)16(4)27/h7-13,15H,5-6,14H2,1-4H3,(H,29,30)/t15-/m0/s1. The van der Waals surface area contributed by atoms with Gasteiger partial charge in [0.05, 0.1) is 17.4 Å². The maximum Gasteiger partial charge on any atom is 0.411 e. The molecule has 0 radical (unpaired) electrons. The number of hydrogen-bond donors (Lipinski definition) is 1. The molecule has 0 spiro atoms. The molecule has 0 aromatic heterocycles. The van der Waals surface area contributed by atoms with E-state index in [1.807, 2.05) is 39.0 Å². The first-order valence-corrected chi connectivity index (χ1v) is 10.1. The molecule has 7 nitrogen and oxygen atoms in total. The topological polar surface area (TPSA) is 81.2 Å². The van der Waals surface area contributed by atoms with E-state index in [9.17, 15) is 19.5 Å². The zero-order valence-corrected chi connectivity index (χ0v) is 17.8. The van der Waals surface area contributed by atoms with Gasteiger partial charge in [0.1, 0.15) is 0 Å². The highest BCUT2D eigenvalue weighted by atomic mass is 16.4. The molecular formula is C23H27N3O4. The summed E-state index contributed by atoms with van der Waals surface area (Å²) in [6.07, 6.45) is -1.05. The van der Waals surface area contributed by atoms with Crippen LogP contribution in [0, 0.1) is 0 Å². The van der Waals surface area contributed by atoms with Gasteiger partial charge < -0.3 is 14.9 Å². The predicted octanol–water partition coefficient (Wildman–Crippen LogP) is 4.08. The number of rotatable bonds is 4. The molecule has 3 amide bonds. The van der Waals surface area contributed by atoms with Crippen LogP contribution in [-0.4, -0.2) is 53.6 Å². The van der Waals surface area contributed by atoms with Gasteiger partial charge in [-0.05, 0) is 56.2 Å². The average molecular weight is 409 g/mol. The van der Waals surface area contributed by atoms with Crippen molar-refractivity contribution < 1.29 is 19.5 Å².